The molecule has 6 nitrogen and oxygen atoms in total. The highest BCUT2D eigenvalue weighted by atomic mass is 16.4. The molecule has 0 aliphatic carbocycles. The predicted molar refractivity (Wildman–Crippen MR) is 62.5 cm³/mol. The molecule has 2 aromatic rings. The molecule has 0 amide bonds. The zero-order valence-corrected chi connectivity index (χ0v) is 9.38. The van der Waals surface area contributed by atoms with Crippen molar-refractivity contribution in [3.8, 4) is 5.75 Å². The van der Waals surface area contributed by atoms with Gasteiger partial charge in [-0.2, -0.15) is 0 Å². The lowest BCUT2D eigenvalue weighted by Crippen LogP contribution is -2.14. The number of aromatic nitrogens is 2. The van der Waals surface area contributed by atoms with Crippen LogP contribution in [-0.4, -0.2) is 40.2 Å². The Balaban J connectivity index is 2.89. The van der Waals surface area contributed by atoms with Gasteiger partial charge in [0.25, 0.3) is 0 Å². The summed E-state index contributed by atoms with van der Waals surface area (Å²) in [6.07, 6.45) is 1.49. The molecule has 0 spiro atoms. The van der Waals surface area contributed by atoms with Crippen molar-refractivity contribution >= 4 is 22.7 Å². The molecule has 6 heteroatoms. The molecule has 0 aliphatic rings. The van der Waals surface area contributed by atoms with E-state index in [4.69, 9.17) is 5.11 Å². The number of aromatic hydroxyl groups is 1. The fourth-order valence-electron chi connectivity index (χ4n) is 1.60. The second kappa shape index (κ2) is 3.89. The number of carboxylic acid groups (broad SMARTS) is 1. The van der Waals surface area contributed by atoms with Gasteiger partial charge in [0.2, 0.25) is 0 Å². The molecule has 2 aromatic heterocycles. The van der Waals surface area contributed by atoms with Gasteiger partial charge >= 0.3 is 5.97 Å². The molecule has 0 bridgehead atoms. The lowest BCUT2D eigenvalue weighted by molar-refractivity contribution is 0.0687. The first kappa shape index (κ1) is 11.1. The van der Waals surface area contributed by atoms with Crippen LogP contribution < -0.4 is 4.90 Å². The molecule has 0 atom stereocenters. The van der Waals surface area contributed by atoms with Crippen LogP contribution >= 0.6 is 0 Å². The van der Waals surface area contributed by atoms with Gasteiger partial charge in [-0.1, -0.05) is 0 Å². The van der Waals surface area contributed by atoms with Crippen molar-refractivity contribution in [3.63, 3.8) is 0 Å². The number of hydrogen-bond acceptors (Lipinski definition) is 5. The van der Waals surface area contributed by atoms with E-state index >= 15 is 0 Å². The van der Waals surface area contributed by atoms with Gasteiger partial charge in [0.15, 0.2) is 11.4 Å². The Bertz CT molecular complexity index is 596. The number of nitrogens with zero attached hydrogens (tertiary/aromatic N) is 3. The summed E-state index contributed by atoms with van der Waals surface area (Å²) in [7, 11) is 3.49. The summed E-state index contributed by atoms with van der Waals surface area (Å²) in [6, 6.07) is 3.44. The van der Waals surface area contributed by atoms with Crippen LogP contribution in [0, 0.1) is 0 Å². The van der Waals surface area contributed by atoms with E-state index in [1.54, 1.807) is 31.1 Å². The molecule has 0 aliphatic heterocycles. The summed E-state index contributed by atoms with van der Waals surface area (Å²) in [5.74, 6) is -1.22. The molecule has 0 fully saturated rings. The van der Waals surface area contributed by atoms with Gasteiger partial charge in [0.1, 0.15) is 11.3 Å². The molecule has 0 unspecified atom stereocenters. The van der Waals surface area contributed by atoms with Gasteiger partial charge in [-0.3, -0.25) is 4.98 Å². The Hall–Kier alpha value is -2.37. The van der Waals surface area contributed by atoms with Crippen LogP contribution in [0.3, 0.4) is 0 Å². The number of hydrogen-bond donors (Lipinski definition) is 2. The quantitative estimate of drug-likeness (QED) is 0.807. The number of carbonyl (C=O) groups is 1. The topological polar surface area (TPSA) is 86.6 Å². The highest BCUT2D eigenvalue weighted by Crippen LogP contribution is 2.31. The van der Waals surface area contributed by atoms with E-state index in [1.807, 2.05) is 0 Å². The van der Waals surface area contributed by atoms with Crippen LogP contribution in [0.15, 0.2) is 18.3 Å². The third kappa shape index (κ3) is 1.73. The maximum atomic E-state index is 11.0. The van der Waals surface area contributed by atoms with Crippen molar-refractivity contribution < 1.29 is 15.0 Å². The molecule has 0 radical (unpaired) electrons. The number of aromatic carboxylic acids is 1. The predicted octanol–water partition coefficient (Wildman–Crippen LogP) is 1.10. The second-order valence-corrected chi connectivity index (χ2v) is 3.73. The third-order valence-corrected chi connectivity index (χ3v) is 2.34. The van der Waals surface area contributed by atoms with Gasteiger partial charge in [-0.15, -0.1) is 0 Å². The normalized spacial score (nSPS) is 10.5. The first-order valence-corrected chi connectivity index (χ1v) is 4.90. The lowest BCUT2D eigenvalue weighted by atomic mass is 10.2. The molecule has 2 heterocycles. The van der Waals surface area contributed by atoms with Gasteiger partial charge in [0.05, 0.1) is 0 Å². The fraction of sp³-hybridized carbons (Fsp3) is 0.182. The smallest absolute Gasteiger partial charge is 0.358 e. The minimum atomic E-state index is -1.28. The number of fused-ring (bicyclic) bond motifs is 1. The Morgan fingerprint density at radius 2 is 2.12 bits per heavy atom. The van der Waals surface area contributed by atoms with E-state index < -0.39 is 11.7 Å². The van der Waals surface area contributed by atoms with E-state index in [0.29, 0.717) is 11.2 Å². The Labute approximate surface area is 97.2 Å². The molecule has 2 N–H and O–H groups in total. The fourth-order valence-corrected chi connectivity index (χ4v) is 1.60. The summed E-state index contributed by atoms with van der Waals surface area (Å²) in [5.41, 5.74) is -0.150. The van der Waals surface area contributed by atoms with Crippen LogP contribution in [0.25, 0.3) is 10.9 Å². The van der Waals surface area contributed by atoms with Gasteiger partial charge in [-0.05, 0) is 12.1 Å². The van der Waals surface area contributed by atoms with E-state index in [1.165, 1.54) is 6.20 Å². The Morgan fingerprint density at radius 3 is 2.71 bits per heavy atom. The van der Waals surface area contributed by atoms with Crippen molar-refractivity contribution in [3.05, 3.63) is 24.0 Å². The standard InChI is InChI=1S/C11H11N3O3/c1-14(2)10-6-4-3-5-12-7(6)9(15)8(13-10)11(16)17/h3-5,15H,1-2H3,(H,16,17). The highest BCUT2D eigenvalue weighted by Gasteiger charge is 2.19. The lowest BCUT2D eigenvalue weighted by Gasteiger charge is -2.15. The zero-order chi connectivity index (χ0) is 12.6. The molecule has 0 aromatic carbocycles. The molecular formula is C11H11N3O3. The van der Waals surface area contributed by atoms with E-state index in [0.717, 1.165) is 0 Å². The van der Waals surface area contributed by atoms with Crippen LogP contribution in [0.2, 0.25) is 0 Å². The molecule has 2 rings (SSSR count). The van der Waals surface area contributed by atoms with Crippen LogP contribution in [0.1, 0.15) is 10.5 Å². The minimum Gasteiger partial charge on any atom is -0.504 e. The largest absolute Gasteiger partial charge is 0.504 e. The average Bonchev–Trinajstić information content (AvgIpc) is 2.29. The Kier molecular flexibility index (Phi) is 2.55. The maximum Gasteiger partial charge on any atom is 0.358 e. The van der Waals surface area contributed by atoms with Crippen molar-refractivity contribution in [1.29, 1.82) is 0 Å². The van der Waals surface area contributed by atoms with Gasteiger partial charge in [0, 0.05) is 25.7 Å². The average molecular weight is 233 g/mol. The SMILES string of the molecule is CN(C)c1nc(C(=O)O)c(O)c2ncccc12. The first-order valence-electron chi connectivity index (χ1n) is 4.90. The van der Waals surface area contributed by atoms with E-state index in [-0.39, 0.29) is 11.2 Å². The summed E-state index contributed by atoms with van der Waals surface area (Å²) in [5, 5.41) is 19.4. The molecule has 88 valence electrons. The first-order chi connectivity index (χ1) is 8.02. The molecule has 17 heavy (non-hydrogen) atoms. The highest BCUT2D eigenvalue weighted by molar-refractivity contribution is 6.01. The van der Waals surface area contributed by atoms with Crippen molar-refractivity contribution in [2.75, 3.05) is 19.0 Å². The summed E-state index contributed by atoms with van der Waals surface area (Å²) < 4.78 is 0. The van der Waals surface area contributed by atoms with Crippen molar-refractivity contribution in [1.82, 2.24) is 9.97 Å². The van der Waals surface area contributed by atoms with E-state index in [2.05, 4.69) is 9.97 Å². The van der Waals surface area contributed by atoms with Crippen LogP contribution in [0.5, 0.6) is 5.75 Å². The van der Waals surface area contributed by atoms with Crippen molar-refractivity contribution in [2.45, 2.75) is 0 Å². The number of rotatable bonds is 2. The molecular weight excluding hydrogens is 222 g/mol. The second-order valence-electron chi connectivity index (χ2n) is 3.73. The summed E-state index contributed by atoms with van der Waals surface area (Å²) in [6.45, 7) is 0. The van der Waals surface area contributed by atoms with Crippen molar-refractivity contribution in [2.24, 2.45) is 0 Å². The maximum absolute atomic E-state index is 11.0. The Morgan fingerprint density at radius 1 is 1.41 bits per heavy atom. The minimum absolute atomic E-state index is 0.239. The van der Waals surface area contributed by atoms with E-state index in [9.17, 15) is 9.90 Å². The summed E-state index contributed by atoms with van der Waals surface area (Å²) in [4.78, 5) is 20.6. The molecule has 0 saturated heterocycles. The summed E-state index contributed by atoms with van der Waals surface area (Å²) >= 11 is 0. The van der Waals surface area contributed by atoms with Gasteiger partial charge < -0.3 is 15.1 Å². The third-order valence-electron chi connectivity index (χ3n) is 2.34. The van der Waals surface area contributed by atoms with Crippen LogP contribution in [-0.2, 0) is 0 Å². The number of anilines is 1. The number of pyridine rings is 2. The van der Waals surface area contributed by atoms with Gasteiger partial charge in [-0.25, -0.2) is 9.78 Å². The molecule has 0 saturated carbocycles. The number of carboxylic acids is 1. The monoisotopic (exact) mass is 233 g/mol. The van der Waals surface area contributed by atoms with Crippen LogP contribution in [0.4, 0.5) is 5.82 Å². The zero-order valence-electron chi connectivity index (χ0n) is 9.38.